The highest BCUT2D eigenvalue weighted by Crippen LogP contribution is 2.51. The summed E-state index contributed by atoms with van der Waals surface area (Å²) < 4.78 is 79.8. The molecule has 1 heterocycles. The van der Waals surface area contributed by atoms with Crippen LogP contribution in [0.3, 0.4) is 0 Å². The van der Waals surface area contributed by atoms with Gasteiger partial charge in [-0.3, -0.25) is 4.79 Å². The van der Waals surface area contributed by atoms with Crippen LogP contribution in [0.15, 0.2) is 53.4 Å². The molecule has 1 atom stereocenters. The second-order valence-electron chi connectivity index (χ2n) is 7.06. The molecule has 1 N–H and O–H groups in total. The maximum absolute atomic E-state index is 13.3. The van der Waals surface area contributed by atoms with E-state index in [9.17, 15) is 36.2 Å². The van der Waals surface area contributed by atoms with Crippen molar-refractivity contribution in [2.45, 2.75) is 41.4 Å². The highest BCUT2D eigenvalue weighted by molar-refractivity contribution is 8.00. The highest BCUT2D eigenvalue weighted by atomic mass is 32.2. The Bertz CT molecular complexity index is 1040. The first-order valence-corrected chi connectivity index (χ1v) is 10.2. The van der Waals surface area contributed by atoms with Crippen LogP contribution in [0.25, 0.3) is 0 Å². The molecule has 1 aliphatic heterocycles. The Morgan fingerprint density at radius 1 is 1.09 bits per heavy atom. The van der Waals surface area contributed by atoms with E-state index in [2.05, 4.69) is 11.8 Å². The summed E-state index contributed by atoms with van der Waals surface area (Å²) in [5, 5.41) is 9.17. The number of alkyl halides is 6. The van der Waals surface area contributed by atoms with Crippen molar-refractivity contribution in [3.05, 3.63) is 59.7 Å². The fourth-order valence-corrected chi connectivity index (χ4v) is 4.54. The Balaban J connectivity index is 2.06. The molecule has 0 saturated heterocycles. The second-order valence-corrected chi connectivity index (χ2v) is 8.30. The van der Waals surface area contributed by atoms with Crippen LogP contribution in [0, 0.1) is 11.8 Å². The Hall–Kier alpha value is -2.64. The Labute approximate surface area is 184 Å². The number of halogens is 6. The maximum atomic E-state index is 13.3. The number of anilines is 1. The van der Waals surface area contributed by atoms with Crippen molar-refractivity contribution < 1.29 is 36.2 Å². The van der Waals surface area contributed by atoms with Gasteiger partial charge in [-0.1, -0.05) is 42.3 Å². The minimum absolute atomic E-state index is 0.00478. The fraction of sp³-hybridized carbons (Fsp3) is 0.318. The predicted molar refractivity (Wildman–Crippen MR) is 108 cm³/mol. The van der Waals surface area contributed by atoms with Gasteiger partial charge in [-0.05, 0) is 24.6 Å². The number of thioether (sulfide) groups is 1. The molecule has 2 aromatic carbocycles. The van der Waals surface area contributed by atoms with Crippen molar-refractivity contribution in [2.75, 3.05) is 11.4 Å². The number of rotatable bonds is 3. The van der Waals surface area contributed by atoms with Crippen molar-refractivity contribution in [2.24, 2.45) is 0 Å². The van der Waals surface area contributed by atoms with Crippen molar-refractivity contribution in [3.63, 3.8) is 0 Å². The minimum atomic E-state index is -6.00. The second kappa shape index (κ2) is 8.71. The summed E-state index contributed by atoms with van der Waals surface area (Å²) in [5.41, 5.74) is -5.54. The smallest absolute Gasteiger partial charge is 0.369 e. The van der Waals surface area contributed by atoms with E-state index in [0.29, 0.717) is 17.7 Å². The first-order chi connectivity index (χ1) is 14.9. The molecule has 3 rings (SSSR count). The number of nitrogens with zero attached hydrogens (tertiary/aromatic N) is 1. The molecule has 0 fully saturated rings. The number of carbonyl (C=O) groups excluding carboxylic acids is 1. The van der Waals surface area contributed by atoms with Crippen LogP contribution in [0.5, 0.6) is 0 Å². The number of hydrogen-bond acceptors (Lipinski definition) is 3. The molecule has 1 aliphatic rings. The van der Waals surface area contributed by atoms with E-state index < -0.39 is 28.8 Å². The van der Waals surface area contributed by atoms with Crippen LogP contribution < -0.4 is 4.90 Å². The molecule has 1 unspecified atom stereocenters. The molecule has 2 aromatic rings. The van der Waals surface area contributed by atoms with Crippen molar-refractivity contribution in [3.8, 4) is 11.8 Å². The lowest BCUT2D eigenvalue weighted by molar-refractivity contribution is -0.376. The van der Waals surface area contributed by atoms with Gasteiger partial charge in [0, 0.05) is 17.0 Å². The van der Waals surface area contributed by atoms with E-state index in [-0.39, 0.29) is 29.5 Å². The molecule has 170 valence electrons. The number of hydrogen-bond donors (Lipinski definition) is 1. The summed E-state index contributed by atoms with van der Waals surface area (Å²) in [4.78, 5) is 14.2. The number of fused-ring (bicyclic) bond motifs is 1. The molecule has 0 aromatic heterocycles. The summed E-state index contributed by atoms with van der Waals surface area (Å²) in [6.07, 6.45) is -12.0. The summed E-state index contributed by atoms with van der Waals surface area (Å²) in [7, 11) is 0. The minimum Gasteiger partial charge on any atom is -0.369 e. The van der Waals surface area contributed by atoms with Crippen LogP contribution in [0.2, 0.25) is 0 Å². The maximum Gasteiger partial charge on any atom is 0.430 e. The zero-order valence-electron chi connectivity index (χ0n) is 16.6. The van der Waals surface area contributed by atoms with Gasteiger partial charge >= 0.3 is 12.4 Å². The predicted octanol–water partition coefficient (Wildman–Crippen LogP) is 5.07. The van der Waals surface area contributed by atoms with E-state index in [4.69, 9.17) is 0 Å². The molecule has 0 aliphatic carbocycles. The summed E-state index contributed by atoms with van der Waals surface area (Å²) in [5.74, 6) is 5.08. The third-order valence-electron chi connectivity index (χ3n) is 4.91. The fourth-order valence-electron chi connectivity index (χ4n) is 3.34. The number of aliphatic hydroxyl groups is 1. The molecule has 3 nitrogen and oxygen atoms in total. The van der Waals surface area contributed by atoms with Gasteiger partial charge in [-0.25, -0.2) is 0 Å². The molecule has 0 radical (unpaired) electrons. The number of amides is 1. The summed E-state index contributed by atoms with van der Waals surface area (Å²) in [6.45, 7) is 1.65. The van der Waals surface area contributed by atoms with E-state index in [1.54, 1.807) is 30.3 Å². The van der Waals surface area contributed by atoms with Crippen molar-refractivity contribution in [1.29, 1.82) is 0 Å². The van der Waals surface area contributed by atoms with Crippen LogP contribution in [0.1, 0.15) is 18.1 Å². The average Bonchev–Trinajstić information content (AvgIpc) is 2.71. The zero-order chi connectivity index (χ0) is 23.7. The molecule has 0 spiro atoms. The SMILES string of the molecule is CC#CC1CN(C(=O)Cc2ccccc2)c2ccc(C(O)(C(F)(F)F)C(F)(F)F)cc2S1. The normalized spacial score (nSPS) is 16.8. The van der Waals surface area contributed by atoms with Crippen LogP contribution in [-0.4, -0.2) is 35.2 Å². The van der Waals surface area contributed by atoms with Gasteiger partial charge in [0.05, 0.1) is 17.4 Å². The van der Waals surface area contributed by atoms with Crippen molar-refractivity contribution in [1.82, 2.24) is 0 Å². The van der Waals surface area contributed by atoms with Gasteiger partial charge in [-0.15, -0.1) is 17.7 Å². The standard InChI is InChI=1S/C22H17F6NO2S/c1-2-6-16-13-29(19(30)11-14-7-4-3-5-8-14)17-10-9-15(12-18(17)32-16)20(31,21(23,24)25)22(26,27)28/h3-5,7-10,12,16,31H,11,13H2,1H3. The molecule has 1 amide bonds. The van der Waals surface area contributed by atoms with E-state index in [1.165, 1.54) is 11.8 Å². The quantitative estimate of drug-likeness (QED) is 0.500. The molecule has 10 heteroatoms. The van der Waals surface area contributed by atoms with Gasteiger partial charge < -0.3 is 10.0 Å². The number of benzene rings is 2. The number of carbonyl (C=O) groups is 1. The lowest BCUT2D eigenvalue weighted by Crippen LogP contribution is -2.54. The molecule has 0 bridgehead atoms. The Kier molecular flexibility index (Phi) is 6.54. The highest BCUT2D eigenvalue weighted by Gasteiger charge is 2.71. The summed E-state index contributed by atoms with van der Waals surface area (Å²) >= 11 is 0.947. The first-order valence-electron chi connectivity index (χ1n) is 9.32. The molecule has 0 saturated carbocycles. The molecular formula is C22H17F6NO2S. The van der Waals surface area contributed by atoms with Gasteiger partial charge in [0.15, 0.2) is 0 Å². The van der Waals surface area contributed by atoms with E-state index in [0.717, 1.165) is 17.8 Å². The topological polar surface area (TPSA) is 40.5 Å². The van der Waals surface area contributed by atoms with Gasteiger partial charge in [0.1, 0.15) is 0 Å². The van der Waals surface area contributed by atoms with Crippen molar-refractivity contribution >= 4 is 23.4 Å². The lowest BCUT2D eigenvalue weighted by atomic mass is 9.92. The van der Waals surface area contributed by atoms with Gasteiger partial charge in [0.2, 0.25) is 5.91 Å². The van der Waals surface area contributed by atoms with Crippen LogP contribution >= 0.6 is 11.8 Å². The monoisotopic (exact) mass is 473 g/mol. The largest absolute Gasteiger partial charge is 0.430 e. The lowest BCUT2D eigenvalue weighted by Gasteiger charge is -2.36. The Morgan fingerprint density at radius 2 is 1.72 bits per heavy atom. The third-order valence-corrected chi connectivity index (χ3v) is 6.04. The van der Waals surface area contributed by atoms with Crippen LogP contribution in [0.4, 0.5) is 32.0 Å². The van der Waals surface area contributed by atoms with E-state index in [1.807, 2.05) is 0 Å². The van der Waals surface area contributed by atoms with Crippen LogP contribution in [-0.2, 0) is 16.8 Å². The summed E-state index contributed by atoms with van der Waals surface area (Å²) in [6, 6.07) is 10.9. The third kappa shape index (κ3) is 4.45. The first kappa shape index (κ1) is 24.0. The average molecular weight is 473 g/mol. The zero-order valence-corrected chi connectivity index (χ0v) is 17.4. The van der Waals surface area contributed by atoms with E-state index >= 15 is 0 Å². The Morgan fingerprint density at radius 3 is 2.28 bits per heavy atom. The van der Waals surface area contributed by atoms with Gasteiger partial charge in [-0.2, -0.15) is 26.3 Å². The molecular weight excluding hydrogens is 456 g/mol. The van der Waals surface area contributed by atoms with Gasteiger partial charge in [0.25, 0.3) is 5.60 Å². The molecule has 32 heavy (non-hydrogen) atoms.